The van der Waals surface area contributed by atoms with Gasteiger partial charge in [0.25, 0.3) is 0 Å². The van der Waals surface area contributed by atoms with Crippen LogP contribution in [0.5, 0.6) is 0 Å². The summed E-state index contributed by atoms with van der Waals surface area (Å²) in [5.74, 6) is 1.33. The van der Waals surface area contributed by atoms with Gasteiger partial charge in [0, 0.05) is 31.6 Å². The first kappa shape index (κ1) is 15.3. The molecule has 4 rings (SSSR count). The Hall–Kier alpha value is -1.28. The van der Waals surface area contributed by atoms with E-state index < -0.39 is 0 Å². The molecule has 1 saturated carbocycles. The lowest BCUT2D eigenvalue weighted by molar-refractivity contribution is -0.106. The first-order valence-electron chi connectivity index (χ1n) is 9.37. The topological polar surface area (TPSA) is 12.5 Å². The molecule has 0 aromatic heterocycles. The van der Waals surface area contributed by atoms with Gasteiger partial charge in [0.15, 0.2) is 0 Å². The summed E-state index contributed by atoms with van der Waals surface area (Å²) in [5.41, 5.74) is 4.38. The molecule has 1 heterocycles. The summed E-state index contributed by atoms with van der Waals surface area (Å²) in [6.45, 7) is 0. The molecule has 0 bridgehead atoms. The van der Waals surface area contributed by atoms with Crippen LogP contribution in [0.3, 0.4) is 0 Å². The van der Waals surface area contributed by atoms with Crippen LogP contribution in [0.1, 0.15) is 56.6 Å². The third-order valence-electron chi connectivity index (χ3n) is 6.08. The zero-order valence-electron chi connectivity index (χ0n) is 14.5. The van der Waals surface area contributed by atoms with E-state index in [1.165, 1.54) is 56.2 Å². The minimum Gasteiger partial charge on any atom is -0.378 e. The molecule has 0 spiro atoms. The van der Waals surface area contributed by atoms with Gasteiger partial charge < -0.3 is 9.64 Å². The quantitative estimate of drug-likeness (QED) is 0.704. The van der Waals surface area contributed by atoms with Crippen molar-refractivity contribution in [2.24, 2.45) is 11.8 Å². The number of benzene rings is 1. The van der Waals surface area contributed by atoms with Gasteiger partial charge in [-0.2, -0.15) is 0 Å². The number of anilines is 1. The maximum atomic E-state index is 6.69. The first-order valence-corrected chi connectivity index (χ1v) is 9.37. The Balaban J connectivity index is 1.64. The molecule has 2 aliphatic carbocycles. The van der Waals surface area contributed by atoms with Crippen molar-refractivity contribution in [1.82, 2.24) is 0 Å². The molecule has 4 atom stereocenters. The highest BCUT2D eigenvalue weighted by Crippen LogP contribution is 2.51. The number of rotatable bonds is 2. The molecule has 2 heteroatoms. The van der Waals surface area contributed by atoms with Crippen LogP contribution in [0.2, 0.25) is 0 Å². The zero-order valence-corrected chi connectivity index (χ0v) is 14.5. The summed E-state index contributed by atoms with van der Waals surface area (Å²) in [5, 5.41) is 0. The van der Waals surface area contributed by atoms with E-state index in [0.717, 1.165) is 0 Å². The van der Waals surface area contributed by atoms with E-state index in [-0.39, 0.29) is 6.10 Å². The maximum absolute atomic E-state index is 6.69. The molecule has 0 radical (unpaired) electrons. The molecule has 2 nitrogen and oxygen atoms in total. The van der Waals surface area contributed by atoms with Gasteiger partial charge in [-0.1, -0.05) is 36.6 Å². The predicted octanol–water partition coefficient (Wildman–Crippen LogP) is 5.11. The molecule has 1 saturated heterocycles. The van der Waals surface area contributed by atoms with Crippen LogP contribution in [-0.2, 0) is 4.74 Å². The van der Waals surface area contributed by atoms with Crippen LogP contribution in [0.4, 0.5) is 5.69 Å². The van der Waals surface area contributed by atoms with Gasteiger partial charge in [-0.3, -0.25) is 0 Å². The smallest absolute Gasteiger partial charge is 0.0894 e. The van der Waals surface area contributed by atoms with Crippen molar-refractivity contribution in [3.8, 4) is 0 Å². The van der Waals surface area contributed by atoms with Crippen LogP contribution in [-0.4, -0.2) is 20.2 Å². The molecule has 23 heavy (non-hydrogen) atoms. The highest BCUT2D eigenvalue weighted by atomic mass is 16.5. The third kappa shape index (κ3) is 2.82. The summed E-state index contributed by atoms with van der Waals surface area (Å²) in [7, 11) is 4.20. The van der Waals surface area contributed by atoms with E-state index in [1.807, 2.05) is 0 Å². The number of ether oxygens (including phenoxy) is 1. The van der Waals surface area contributed by atoms with E-state index in [0.29, 0.717) is 17.9 Å². The van der Waals surface area contributed by atoms with Crippen molar-refractivity contribution in [3.05, 3.63) is 41.5 Å². The van der Waals surface area contributed by atoms with Crippen LogP contribution in [0.15, 0.2) is 35.9 Å². The Morgan fingerprint density at radius 1 is 0.913 bits per heavy atom. The summed E-state index contributed by atoms with van der Waals surface area (Å²) < 4.78 is 6.69. The van der Waals surface area contributed by atoms with Gasteiger partial charge in [-0.05, 0) is 49.8 Å². The molecule has 0 N–H and O–H groups in total. The fourth-order valence-electron chi connectivity index (χ4n) is 4.87. The average Bonchev–Trinajstić information content (AvgIpc) is 2.61. The summed E-state index contributed by atoms with van der Waals surface area (Å²) in [6.07, 6.45) is 12.5. The molecule has 3 aliphatic rings. The van der Waals surface area contributed by atoms with Crippen LogP contribution in [0.25, 0.3) is 0 Å². The zero-order chi connectivity index (χ0) is 15.8. The average molecular weight is 311 g/mol. The van der Waals surface area contributed by atoms with E-state index >= 15 is 0 Å². The van der Waals surface area contributed by atoms with Gasteiger partial charge in [-0.15, -0.1) is 0 Å². The van der Waals surface area contributed by atoms with Crippen molar-refractivity contribution >= 4 is 5.69 Å². The van der Waals surface area contributed by atoms with E-state index in [4.69, 9.17) is 4.74 Å². The highest BCUT2D eigenvalue weighted by Gasteiger charge is 2.43. The van der Waals surface area contributed by atoms with Gasteiger partial charge in [0.05, 0.1) is 12.2 Å². The lowest BCUT2D eigenvalue weighted by Gasteiger charge is -2.47. The van der Waals surface area contributed by atoms with Crippen LogP contribution in [0, 0.1) is 11.8 Å². The number of nitrogens with zero attached hydrogens (tertiary/aromatic N) is 1. The second kappa shape index (κ2) is 6.32. The summed E-state index contributed by atoms with van der Waals surface area (Å²) in [4.78, 5) is 2.16. The molecule has 1 aliphatic heterocycles. The van der Waals surface area contributed by atoms with Gasteiger partial charge >= 0.3 is 0 Å². The Bertz CT molecular complexity index is 574. The monoisotopic (exact) mass is 311 g/mol. The lowest BCUT2D eigenvalue weighted by atomic mass is 9.68. The van der Waals surface area contributed by atoms with Crippen LogP contribution >= 0.6 is 0 Å². The molecular weight excluding hydrogens is 282 g/mol. The third-order valence-corrected chi connectivity index (χ3v) is 6.08. The first-order chi connectivity index (χ1) is 11.2. The minimum absolute atomic E-state index is 0.275. The molecule has 2 fully saturated rings. The van der Waals surface area contributed by atoms with Crippen molar-refractivity contribution in [2.45, 2.75) is 57.2 Å². The number of fused-ring (bicyclic) bond motifs is 3. The molecule has 0 unspecified atom stereocenters. The summed E-state index contributed by atoms with van der Waals surface area (Å²) in [6, 6.07) is 9.04. The standard InChI is InChI=1S/C21H29NO/c1-22(2)16-13-11-15(12-14-16)21-19-9-4-3-7-17(19)18-8-5-6-10-20(18)23-21/h7,11-14,18-21H,3-6,8-10H2,1-2H3/t18-,19-,20-,21-/m1/s1. The Morgan fingerprint density at radius 3 is 2.43 bits per heavy atom. The Kier molecular flexibility index (Phi) is 4.19. The van der Waals surface area contributed by atoms with Crippen molar-refractivity contribution in [1.29, 1.82) is 0 Å². The molecule has 1 aromatic rings. The fraction of sp³-hybridized carbons (Fsp3) is 0.619. The molecule has 0 amide bonds. The second-order valence-corrected chi connectivity index (χ2v) is 7.71. The van der Waals surface area contributed by atoms with Gasteiger partial charge in [0.1, 0.15) is 0 Å². The largest absolute Gasteiger partial charge is 0.378 e. The lowest BCUT2D eigenvalue weighted by Crippen LogP contribution is -2.41. The fourth-order valence-corrected chi connectivity index (χ4v) is 4.87. The minimum atomic E-state index is 0.275. The number of allylic oxidation sites excluding steroid dienone is 1. The molecular formula is C21H29NO. The normalized spacial score (nSPS) is 33.4. The molecule has 124 valence electrons. The van der Waals surface area contributed by atoms with Gasteiger partial charge in [-0.25, -0.2) is 0 Å². The number of hydrogen-bond acceptors (Lipinski definition) is 2. The number of hydrogen-bond donors (Lipinski definition) is 0. The van der Waals surface area contributed by atoms with Crippen LogP contribution < -0.4 is 4.90 Å². The van der Waals surface area contributed by atoms with Crippen molar-refractivity contribution < 1.29 is 4.74 Å². The van der Waals surface area contributed by atoms with E-state index in [2.05, 4.69) is 49.3 Å². The predicted molar refractivity (Wildman–Crippen MR) is 95.8 cm³/mol. The Labute approximate surface area is 140 Å². The Morgan fingerprint density at radius 2 is 1.65 bits per heavy atom. The van der Waals surface area contributed by atoms with E-state index in [9.17, 15) is 0 Å². The highest BCUT2D eigenvalue weighted by molar-refractivity contribution is 5.46. The van der Waals surface area contributed by atoms with Crippen molar-refractivity contribution in [2.75, 3.05) is 19.0 Å². The summed E-state index contributed by atoms with van der Waals surface area (Å²) >= 11 is 0. The SMILES string of the molecule is CN(C)c1ccc([C@H]2O[C@@H]3CCCC[C@@H]3C3=CCCC[C@H]32)cc1. The van der Waals surface area contributed by atoms with Gasteiger partial charge in [0.2, 0.25) is 0 Å². The maximum Gasteiger partial charge on any atom is 0.0894 e. The molecule has 1 aromatic carbocycles. The van der Waals surface area contributed by atoms with E-state index in [1.54, 1.807) is 5.57 Å². The second-order valence-electron chi connectivity index (χ2n) is 7.71. The van der Waals surface area contributed by atoms with Crippen molar-refractivity contribution in [3.63, 3.8) is 0 Å².